The molecule has 2 heterocycles. The Morgan fingerprint density at radius 2 is 2.05 bits per heavy atom. The standard InChI is InChI=1S/C15H26N2O3/c1-4-11(5-2)17-14(18)9-12(15(17)19)16-10(3)13-7-6-8-20-13/h10-13,16H,4-9H2,1-3H3. The summed E-state index contributed by atoms with van der Waals surface area (Å²) in [5.74, 6) is -0.103. The highest BCUT2D eigenvalue weighted by molar-refractivity contribution is 6.05. The van der Waals surface area contributed by atoms with Gasteiger partial charge >= 0.3 is 0 Å². The number of ether oxygens (including phenoxy) is 1. The summed E-state index contributed by atoms with van der Waals surface area (Å²) in [7, 11) is 0. The summed E-state index contributed by atoms with van der Waals surface area (Å²) in [5.41, 5.74) is 0. The Balaban J connectivity index is 1.96. The predicted molar refractivity (Wildman–Crippen MR) is 76.2 cm³/mol. The van der Waals surface area contributed by atoms with Gasteiger partial charge in [0.2, 0.25) is 11.8 Å². The van der Waals surface area contributed by atoms with Crippen molar-refractivity contribution in [2.75, 3.05) is 6.61 Å². The molecule has 3 unspecified atom stereocenters. The van der Waals surface area contributed by atoms with Crippen LogP contribution in [-0.2, 0) is 14.3 Å². The van der Waals surface area contributed by atoms with Crippen molar-refractivity contribution in [3.8, 4) is 0 Å². The third kappa shape index (κ3) is 3.04. The maximum absolute atomic E-state index is 12.4. The van der Waals surface area contributed by atoms with Crippen LogP contribution in [0, 0.1) is 0 Å². The van der Waals surface area contributed by atoms with Crippen molar-refractivity contribution in [2.24, 2.45) is 0 Å². The highest BCUT2D eigenvalue weighted by Gasteiger charge is 2.42. The molecule has 0 radical (unpaired) electrons. The largest absolute Gasteiger partial charge is 0.377 e. The second-order valence-electron chi connectivity index (χ2n) is 5.84. The first-order valence-electron chi connectivity index (χ1n) is 7.82. The van der Waals surface area contributed by atoms with Crippen LogP contribution in [0.3, 0.4) is 0 Å². The van der Waals surface area contributed by atoms with Gasteiger partial charge in [-0.15, -0.1) is 0 Å². The molecule has 2 aliphatic heterocycles. The summed E-state index contributed by atoms with van der Waals surface area (Å²) >= 11 is 0. The van der Waals surface area contributed by atoms with Crippen molar-refractivity contribution in [3.63, 3.8) is 0 Å². The first kappa shape index (κ1) is 15.4. The van der Waals surface area contributed by atoms with E-state index in [4.69, 9.17) is 4.74 Å². The lowest BCUT2D eigenvalue weighted by atomic mass is 10.1. The molecule has 5 nitrogen and oxygen atoms in total. The van der Waals surface area contributed by atoms with Gasteiger partial charge in [0.15, 0.2) is 0 Å². The van der Waals surface area contributed by atoms with E-state index in [-0.39, 0.29) is 42.5 Å². The van der Waals surface area contributed by atoms with Gasteiger partial charge in [-0.3, -0.25) is 14.5 Å². The Kier molecular flexibility index (Phi) is 5.16. The second kappa shape index (κ2) is 6.68. The Morgan fingerprint density at radius 3 is 2.60 bits per heavy atom. The van der Waals surface area contributed by atoms with Gasteiger partial charge in [0.05, 0.1) is 18.6 Å². The van der Waals surface area contributed by atoms with E-state index >= 15 is 0 Å². The Labute approximate surface area is 121 Å². The van der Waals surface area contributed by atoms with Crippen LogP contribution < -0.4 is 5.32 Å². The van der Waals surface area contributed by atoms with E-state index < -0.39 is 0 Å². The Bertz CT molecular complexity index is 362. The molecular weight excluding hydrogens is 256 g/mol. The average molecular weight is 282 g/mol. The van der Waals surface area contributed by atoms with E-state index in [0.29, 0.717) is 0 Å². The molecule has 0 aromatic carbocycles. The molecule has 2 saturated heterocycles. The highest BCUT2D eigenvalue weighted by Crippen LogP contribution is 2.22. The molecule has 2 rings (SSSR count). The number of nitrogens with one attached hydrogen (secondary N) is 1. The summed E-state index contributed by atoms with van der Waals surface area (Å²) in [6.07, 6.45) is 4.20. The van der Waals surface area contributed by atoms with Gasteiger partial charge in [-0.2, -0.15) is 0 Å². The van der Waals surface area contributed by atoms with Gasteiger partial charge in [0.1, 0.15) is 0 Å². The molecule has 114 valence electrons. The smallest absolute Gasteiger partial charge is 0.247 e. The second-order valence-corrected chi connectivity index (χ2v) is 5.84. The Morgan fingerprint density at radius 1 is 1.35 bits per heavy atom. The summed E-state index contributed by atoms with van der Waals surface area (Å²) in [6.45, 7) is 6.87. The van der Waals surface area contributed by atoms with Crippen LogP contribution in [0.4, 0.5) is 0 Å². The lowest BCUT2D eigenvalue weighted by Crippen LogP contribution is -2.48. The zero-order chi connectivity index (χ0) is 14.7. The zero-order valence-corrected chi connectivity index (χ0v) is 12.7. The number of imide groups is 1. The van der Waals surface area contributed by atoms with Crippen molar-refractivity contribution in [1.29, 1.82) is 0 Å². The molecule has 2 fully saturated rings. The molecule has 0 aromatic rings. The molecule has 0 spiro atoms. The van der Waals surface area contributed by atoms with Crippen LogP contribution in [0.2, 0.25) is 0 Å². The van der Waals surface area contributed by atoms with E-state index in [1.807, 2.05) is 20.8 Å². The number of hydrogen-bond donors (Lipinski definition) is 1. The van der Waals surface area contributed by atoms with Gasteiger partial charge < -0.3 is 10.1 Å². The summed E-state index contributed by atoms with van der Waals surface area (Å²) in [6, 6.07) is -0.219. The van der Waals surface area contributed by atoms with Crippen LogP contribution in [0.1, 0.15) is 52.9 Å². The van der Waals surface area contributed by atoms with Crippen LogP contribution in [-0.4, -0.2) is 47.6 Å². The number of carbonyl (C=O) groups excluding carboxylic acids is 2. The first-order valence-corrected chi connectivity index (χ1v) is 7.82. The summed E-state index contributed by atoms with van der Waals surface area (Å²) in [5, 5.41) is 3.30. The molecule has 5 heteroatoms. The van der Waals surface area contributed by atoms with Gasteiger partial charge in [-0.05, 0) is 32.6 Å². The van der Waals surface area contributed by atoms with Crippen molar-refractivity contribution < 1.29 is 14.3 Å². The molecule has 1 N–H and O–H groups in total. The third-order valence-corrected chi connectivity index (χ3v) is 4.48. The molecule has 0 aliphatic carbocycles. The van der Waals surface area contributed by atoms with E-state index in [1.54, 1.807) is 0 Å². The molecule has 2 aliphatic rings. The van der Waals surface area contributed by atoms with E-state index in [1.165, 1.54) is 4.90 Å². The van der Waals surface area contributed by atoms with Gasteiger partial charge in [0, 0.05) is 18.7 Å². The molecule has 20 heavy (non-hydrogen) atoms. The predicted octanol–water partition coefficient (Wildman–Crippen LogP) is 1.46. The molecule has 0 saturated carbocycles. The molecule has 0 aromatic heterocycles. The number of hydrogen-bond acceptors (Lipinski definition) is 4. The Hall–Kier alpha value is -0.940. The molecular formula is C15H26N2O3. The van der Waals surface area contributed by atoms with Crippen LogP contribution in [0.5, 0.6) is 0 Å². The normalized spacial score (nSPS) is 28.7. The number of carbonyl (C=O) groups is 2. The van der Waals surface area contributed by atoms with Crippen LogP contribution in [0.25, 0.3) is 0 Å². The van der Waals surface area contributed by atoms with Gasteiger partial charge in [0.25, 0.3) is 0 Å². The molecule has 2 amide bonds. The quantitative estimate of drug-likeness (QED) is 0.749. The van der Waals surface area contributed by atoms with Crippen molar-refractivity contribution in [1.82, 2.24) is 10.2 Å². The summed E-state index contributed by atoms with van der Waals surface area (Å²) in [4.78, 5) is 26.0. The monoisotopic (exact) mass is 282 g/mol. The number of rotatable bonds is 6. The fourth-order valence-corrected chi connectivity index (χ4v) is 3.24. The van der Waals surface area contributed by atoms with Crippen molar-refractivity contribution in [3.05, 3.63) is 0 Å². The lowest BCUT2D eigenvalue weighted by Gasteiger charge is -2.26. The van der Waals surface area contributed by atoms with Gasteiger partial charge in [-0.25, -0.2) is 0 Å². The lowest BCUT2D eigenvalue weighted by molar-refractivity contribution is -0.141. The van der Waals surface area contributed by atoms with E-state index in [9.17, 15) is 9.59 Å². The van der Waals surface area contributed by atoms with Crippen molar-refractivity contribution >= 4 is 11.8 Å². The van der Waals surface area contributed by atoms with Gasteiger partial charge in [-0.1, -0.05) is 13.8 Å². The molecule has 0 bridgehead atoms. The zero-order valence-electron chi connectivity index (χ0n) is 12.7. The number of amides is 2. The fraction of sp³-hybridized carbons (Fsp3) is 0.867. The maximum atomic E-state index is 12.4. The fourth-order valence-electron chi connectivity index (χ4n) is 3.24. The summed E-state index contributed by atoms with van der Waals surface area (Å²) < 4.78 is 5.63. The first-order chi connectivity index (χ1) is 9.58. The minimum Gasteiger partial charge on any atom is -0.377 e. The number of nitrogens with zero attached hydrogens (tertiary/aromatic N) is 1. The minimum atomic E-state index is -0.373. The van der Waals surface area contributed by atoms with Crippen LogP contribution in [0.15, 0.2) is 0 Å². The number of likely N-dealkylation sites (tertiary alicyclic amines) is 1. The topological polar surface area (TPSA) is 58.6 Å². The van der Waals surface area contributed by atoms with E-state index in [0.717, 1.165) is 32.3 Å². The minimum absolute atomic E-state index is 0.0410. The van der Waals surface area contributed by atoms with Crippen LogP contribution >= 0.6 is 0 Å². The SMILES string of the molecule is CCC(CC)N1C(=O)CC(NC(C)C2CCCO2)C1=O. The van der Waals surface area contributed by atoms with E-state index in [2.05, 4.69) is 5.32 Å². The third-order valence-electron chi connectivity index (χ3n) is 4.48. The average Bonchev–Trinajstić information content (AvgIpc) is 3.04. The highest BCUT2D eigenvalue weighted by atomic mass is 16.5. The molecule has 3 atom stereocenters. The maximum Gasteiger partial charge on any atom is 0.247 e. The van der Waals surface area contributed by atoms with Crippen molar-refractivity contribution in [2.45, 2.75) is 77.1 Å².